The summed E-state index contributed by atoms with van der Waals surface area (Å²) in [4.78, 5) is 21.4. The number of thiophene rings is 1. The molecule has 174 valence electrons. The molecular weight excluding hydrogens is 447 g/mol. The van der Waals surface area contributed by atoms with Crippen molar-refractivity contribution >= 4 is 28.1 Å². The molecule has 0 N–H and O–H groups in total. The number of benzene rings is 2. The number of ether oxygens (including phenoxy) is 1. The van der Waals surface area contributed by atoms with E-state index in [2.05, 4.69) is 37.3 Å². The van der Waals surface area contributed by atoms with E-state index in [9.17, 15) is 9.18 Å². The van der Waals surface area contributed by atoms with Crippen molar-refractivity contribution < 1.29 is 13.9 Å². The molecule has 0 radical (unpaired) electrons. The second-order valence-corrected chi connectivity index (χ2v) is 9.83. The van der Waals surface area contributed by atoms with Gasteiger partial charge in [0, 0.05) is 25.1 Å². The van der Waals surface area contributed by atoms with Gasteiger partial charge in [-0.05, 0) is 72.2 Å². The fourth-order valence-electron chi connectivity index (χ4n) is 4.45. The van der Waals surface area contributed by atoms with E-state index in [0.29, 0.717) is 13.1 Å². The fourth-order valence-corrected chi connectivity index (χ4v) is 5.20. The lowest BCUT2D eigenvalue weighted by molar-refractivity contribution is -0.132. The van der Waals surface area contributed by atoms with Crippen molar-refractivity contribution in [3.63, 3.8) is 0 Å². The normalized spacial score (nSPS) is 15.6. The predicted molar refractivity (Wildman–Crippen MR) is 134 cm³/mol. The van der Waals surface area contributed by atoms with Crippen molar-refractivity contribution in [1.82, 2.24) is 9.88 Å². The molecule has 2 aromatic carbocycles. The summed E-state index contributed by atoms with van der Waals surface area (Å²) in [6, 6.07) is 18.7. The first-order valence-electron chi connectivity index (χ1n) is 11.6. The van der Waals surface area contributed by atoms with E-state index < -0.39 is 0 Å². The molecule has 0 saturated carbocycles. The Bertz CT molecular complexity index is 1280. The molecule has 5 rings (SSSR count). The van der Waals surface area contributed by atoms with Crippen LogP contribution in [0.2, 0.25) is 0 Å². The lowest BCUT2D eigenvalue weighted by Crippen LogP contribution is -2.38. The first-order valence-corrected chi connectivity index (χ1v) is 12.5. The lowest BCUT2D eigenvalue weighted by atomic mass is 10.0. The number of nitrogens with zero attached hydrogens (tertiary/aromatic N) is 2. The van der Waals surface area contributed by atoms with Crippen LogP contribution in [-0.4, -0.2) is 35.0 Å². The number of halogens is 1. The van der Waals surface area contributed by atoms with Crippen LogP contribution in [0, 0.1) is 12.7 Å². The zero-order chi connectivity index (χ0) is 23.5. The zero-order valence-corrected chi connectivity index (χ0v) is 20.0. The van der Waals surface area contributed by atoms with Crippen molar-refractivity contribution in [2.24, 2.45) is 0 Å². The molecule has 34 heavy (non-hydrogen) atoms. The van der Waals surface area contributed by atoms with Crippen LogP contribution in [0.15, 0.2) is 66.0 Å². The number of pyridine rings is 1. The monoisotopic (exact) mass is 474 g/mol. The SMILES string of the molecule is Cc1ccc2cc(CN(C[C@H]3CCCO3)C(=O)Cc3ccc(F)cc3)c(-c3cccs3)nc2c1. The van der Waals surface area contributed by atoms with Crippen molar-refractivity contribution in [2.45, 2.75) is 38.8 Å². The number of hydrogen-bond acceptors (Lipinski definition) is 4. The second kappa shape index (κ2) is 10.0. The predicted octanol–water partition coefficient (Wildman–Crippen LogP) is 6.16. The van der Waals surface area contributed by atoms with E-state index in [0.717, 1.165) is 52.0 Å². The summed E-state index contributed by atoms with van der Waals surface area (Å²) in [5.74, 6) is -0.297. The summed E-state index contributed by atoms with van der Waals surface area (Å²) in [5.41, 5.74) is 4.86. The molecule has 0 bridgehead atoms. The molecule has 1 aliphatic heterocycles. The molecule has 2 aromatic heterocycles. The van der Waals surface area contributed by atoms with Gasteiger partial charge >= 0.3 is 0 Å². The van der Waals surface area contributed by atoms with Crippen LogP contribution in [0.1, 0.15) is 29.5 Å². The molecule has 1 fully saturated rings. The van der Waals surface area contributed by atoms with Crippen LogP contribution in [0.25, 0.3) is 21.5 Å². The van der Waals surface area contributed by atoms with Crippen LogP contribution in [0.4, 0.5) is 4.39 Å². The number of rotatable bonds is 7. The van der Waals surface area contributed by atoms with E-state index in [1.54, 1.807) is 23.5 Å². The number of carbonyl (C=O) groups excluding carboxylic acids is 1. The van der Waals surface area contributed by atoms with Gasteiger partial charge in [0.15, 0.2) is 0 Å². The summed E-state index contributed by atoms with van der Waals surface area (Å²) in [7, 11) is 0. The Morgan fingerprint density at radius 1 is 1.18 bits per heavy atom. The number of amides is 1. The summed E-state index contributed by atoms with van der Waals surface area (Å²) in [6.07, 6.45) is 2.23. The number of aryl methyl sites for hydroxylation is 1. The molecule has 1 aliphatic rings. The van der Waals surface area contributed by atoms with Crippen molar-refractivity contribution in [3.05, 3.63) is 88.6 Å². The van der Waals surface area contributed by atoms with Gasteiger partial charge in [-0.25, -0.2) is 9.37 Å². The van der Waals surface area contributed by atoms with Crippen molar-refractivity contribution in [1.29, 1.82) is 0 Å². The first kappa shape index (κ1) is 22.7. The van der Waals surface area contributed by atoms with E-state index in [-0.39, 0.29) is 24.2 Å². The highest BCUT2D eigenvalue weighted by Crippen LogP contribution is 2.31. The maximum Gasteiger partial charge on any atom is 0.227 e. The van der Waals surface area contributed by atoms with Gasteiger partial charge in [-0.2, -0.15) is 0 Å². The van der Waals surface area contributed by atoms with Crippen LogP contribution >= 0.6 is 11.3 Å². The van der Waals surface area contributed by atoms with Gasteiger partial charge < -0.3 is 9.64 Å². The molecule has 0 aliphatic carbocycles. The maximum absolute atomic E-state index is 13.5. The molecule has 4 aromatic rings. The first-order chi connectivity index (χ1) is 16.5. The van der Waals surface area contributed by atoms with Crippen LogP contribution in [-0.2, 0) is 22.5 Å². The van der Waals surface area contributed by atoms with E-state index in [1.807, 2.05) is 16.3 Å². The summed E-state index contributed by atoms with van der Waals surface area (Å²) in [6.45, 7) is 3.79. The van der Waals surface area contributed by atoms with Crippen molar-refractivity contribution in [3.8, 4) is 10.6 Å². The standard InChI is InChI=1S/C28H27FN2O2S/c1-19-6-9-21-16-22(28(30-25(21)14-19)26-5-3-13-34-26)17-31(18-24-4-2-12-33-24)27(32)15-20-7-10-23(29)11-8-20/h3,5-11,13-14,16,24H,2,4,12,15,17-18H2,1H3/t24-/m1/s1. The van der Waals surface area contributed by atoms with Gasteiger partial charge in [0.2, 0.25) is 5.91 Å². The summed E-state index contributed by atoms with van der Waals surface area (Å²) in [5, 5.41) is 3.11. The smallest absolute Gasteiger partial charge is 0.227 e. The largest absolute Gasteiger partial charge is 0.376 e. The molecule has 1 atom stereocenters. The molecule has 1 saturated heterocycles. The number of aromatic nitrogens is 1. The Hall–Kier alpha value is -3.09. The number of carbonyl (C=O) groups is 1. The molecule has 1 amide bonds. The third-order valence-electron chi connectivity index (χ3n) is 6.24. The Kier molecular flexibility index (Phi) is 6.70. The highest BCUT2D eigenvalue weighted by molar-refractivity contribution is 7.13. The second-order valence-electron chi connectivity index (χ2n) is 8.88. The molecular formula is C28H27FN2O2S. The highest BCUT2D eigenvalue weighted by atomic mass is 32.1. The Labute approximate surface area is 203 Å². The topological polar surface area (TPSA) is 42.4 Å². The van der Waals surface area contributed by atoms with Crippen LogP contribution < -0.4 is 0 Å². The van der Waals surface area contributed by atoms with Crippen LogP contribution in [0.3, 0.4) is 0 Å². The van der Waals surface area contributed by atoms with Gasteiger partial charge in [-0.15, -0.1) is 11.3 Å². The molecule has 3 heterocycles. The fraction of sp³-hybridized carbons (Fsp3) is 0.286. The number of hydrogen-bond donors (Lipinski definition) is 0. The maximum atomic E-state index is 13.5. The van der Waals surface area contributed by atoms with Gasteiger partial charge in [-0.3, -0.25) is 4.79 Å². The van der Waals surface area contributed by atoms with Gasteiger partial charge in [-0.1, -0.05) is 30.3 Å². The van der Waals surface area contributed by atoms with Gasteiger partial charge in [0.05, 0.1) is 28.6 Å². The third kappa shape index (κ3) is 5.18. The minimum absolute atomic E-state index is 0.00300. The summed E-state index contributed by atoms with van der Waals surface area (Å²) < 4.78 is 19.2. The highest BCUT2D eigenvalue weighted by Gasteiger charge is 2.24. The minimum atomic E-state index is -0.300. The molecule has 6 heteroatoms. The Morgan fingerprint density at radius 3 is 2.76 bits per heavy atom. The van der Waals surface area contributed by atoms with E-state index in [4.69, 9.17) is 9.72 Å². The average Bonchev–Trinajstić information content (AvgIpc) is 3.54. The van der Waals surface area contributed by atoms with E-state index >= 15 is 0 Å². The van der Waals surface area contributed by atoms with Crippen molar-refractivity contribution in [2.75, 3.05) is 13.2 Å². The molecule has 0 unspecified atom stereocenters. The van der Waals surface area contributed by atoms with Crippen LogP contribution in [0.5, 0.6) is 0 Å². The Morgan fingerprint density at radius 2 is 2.03 bits per heavy atom. The molecule has 4 nitrogen and oxygen atoms in total. The molecule has 0 spiro atoms. The Balaban J connectivity index is 1.49. The third-order valence-corrected chi connectivity index (χ3v) is 7.11. The minimum Gasteiger partial charge on any atom is -0.376 e. The number of fused-ring (bicyclic) bond motifs is 1. The zero-order valence-electron chi connectivity index (χ0n) is 19.2. The van der Waals surface area contributed by atoms with E-state index in [1.165, 1.54) is 17.7 Å². The van der Waals surface area contributed by atoms with Gasteiger partial charge in [0.25, 0.3) is 0 Å². The average molecular weight is 475 g/mol. The quantitative estimate of drug-likeness (QED) is 0.322. The van der Waals surface area contributed by atoms with Gasteiger partial charge in [0.1, 0.15) is 5.82 Å². The lowest BCUT2D eigenvalue weighted by Gasteiger charge is -2.27. The summed E-state index contributed by atoms with van der Waals surface area (Å²) >= 11 is 1.65.